The van der Waals surface area contributed by atoms with E-state index >= 15 is 0 Å². The van der Waals surface area contributed by atoms with E-state index in [9.17, 15) is 13.2 Å². The van der Waals surface area contributed by atoms with Gasteiger partial charge in [-0.3, -0.25) is 9.52 Å². The highest BCUT2D eigenvalue weighted by atomic mass is 32.2. The minimum Gasteiger partial charge on any atom is -0.451 e. The van der Waals surface area contributed by atoms with E-state index in [0.717, 1.165) is 17.2 Å². The van der Waals surface area contributed by atoms with Crippen LogP contribution in [0.2, 0.25) is 0 Å². The monoisotopic (exact) mass is 358 g/mol. The molecule has 1 atom stereocenters. The van der Waals surface area contributed by atoms with Gasteiger partial charge in [-0.1, -0.05) is 30.3 Å². The molecular weight excluding hydrogens is 340 g/mol. The number of nitrogens with one attached hydrogen (secondary N) is 2. The molecule has 2 N–H and O–H groups in total. The van der Waals surface area contributed by atoms with Gasteiger partial charge >= 0.3 is 0 Å². The van der Waals surface area contributed by atoms with Gasteiger partial charge in [-0.2, -0.15) is 0 Å². The normalized spacial score (nSPS) is 12.7. The zero-order valence-electron chi connectivity index (χ0n) is 13.8. The Bertz CT molecular complexity index is 991. The Morgan fingerprint density at radius 3 is 2.56 bits per heavy atom. The molecule has 0 saturated heterocycles. The molecule has 3 aromatic rings. The van der Waals surface area contributed by atoms with Crippen LogP contribution < -0.4 is 10.0 Å². The van der Waals surface area contributed by atoms with Crippen LogP contribution in [0.3, 0.4) is 0 Å². The minimum atomic E-state index is -3.35. The molecule has 0 aliphatic heterocycles. The fraction of sp³-hybridized carbons (Fsp3) is 0.167. The lowest BCUT2D eigenvalue weighted by Crippen LogP contribution is -2.26. The second kappa shape index (κ2) is 6.60. The van der Waals surface area contributed by atoms with Crippen molar-refractivity contribution in [2.45, 2.75) is 13.0 Å². The molecule has 0 fully saturated rings. The molecule has 6 nitrogen and oxygen atoms in total. The fourth-order valence-corrected chi connectivity index (χ4v) is 3.09. The van der Waals surface area contributed by atoms with Crippen LogP contribution >= 0.6 is 0 Å². The topological polar surface area (TPSA) is 88.4 Å². The van der Waals surface area contributed by atoms with Gasteiger partial charge in [-0.15, -0.1) is 0 Å². The zero-order valence-corrected chi connectivity index (χ0v) is 14.6. The maximum absolute atomic E-state index is 12.4. The SMILES string of the molecule is CC(NC(=O)c1cc2ccccc2o1)c1cccc(NS(C)(=O)=O)c1. The van der Waals surface area contributed by atoms with Crippen molar-refractivity contribution in [3.63, 3.8) is 0 Å². The van der Waals surface area contributed by atoms with Crippen molar-refractivity contribution < 1.29 is 17.6 Å². The number of benzene rings is 2. The lowest BCUT2D eigenvalue weighted by Gasteiger charge is -2.14. The first-order chi connectivity index (χ1) is 11.8. The summed E-state index contributed by atoms with van der Waals surface area (Å²) < 4.78 is 30.6. The second-order valence-corrected chi connectivity index (χ2v) is 7.59. The first-order valence-corrected chi connectivity index (χ1v) is 9.58. The summed E-state index contributed by atoms with van der Waals surface area (Å²) in [6.45, 7) is 1.82. The molecule has 0 radical (unpaired) electrons. The van der Waals surface area contributed by atoms with Crippen molar-refractivity contribution in [2.75, 3.05) is 11.0 Å². The second-order valence-electron chi connectivity index (χ2n) is 5.84. The number of anilines is 1. The van der Waals surface area contributed by atoms with E-state index in [1.165, 1.54) is 0 Å². The average Bonchev–Trinajstić information content (AvgIpc) is 2.97. The number of rotatable bonds is 5. The van der Waals surface area contributed by atoms with Crippen LogP contribution in [-0.2, 0) is 10.0 Å². The van der Waals surface area contributed by atoms with E-state index in [1.54, 1.807) is 30.3 Å². The largest absolute Gasteiger partial charge is 0.451 e. The highest BCUT2D eigenvalue weighted by molar-refractivity contribution is 7.92. The molecule has 1 aromatic heterocycles. The van der Waals surface area contributed by atoms with E-state index in [2.05, 4.69) is 10.0 Å². The molecule has 2 aromatic carbocycles. The molecular formula is C18H18N2O4S. The Morgan fingerprint density at radius 1 is 1.08 bits per heavy atom. The maximum Gasteiger partial charge on any atom is 0.287 e. The molecule has 0 saturated carbocycles. The molecule has 7 heteroatoms. The fourth-order valence-electron chi connectivity index (χ4n) is 2.53. The quantitative estimate of drug-likeness (QED) is 0.732. The molecule has 130 valence electrons. The molecule has 0 aliphatic rings. The maximum atomic E-state index is 12.4. The number of hydrogen-bond donors (Lipinski definition) is 2. The molecule has 0 spiro atoms. The predicted octanol–water partition coefficient (Wildman–Crippen LogP) is 3.30. The first-order valence-electron chi connectivity index (χ1n) is 7.69. The molecule has 1 unspecified atom stereocenters. The number of sulfonamides is 1. The zero-order chi connectivity index (χ0) is 18.0. The Hall–Kier alpha value is -2.80. The Balaban J connectivity index is 1.76. The molecule has 0 bridgehead atoms. The number of carbonyl (C=O) groups is 1. The van der Waals surface area contributed by atoms with Gasteiger partial charge in [0.25, 0.3) is 5.91 Å². The van der Waals surface area contributed by atoms with E-state index in [0.29, 0.717) is 11.3 Å². The standard InChI is InChI=1S/C18H18N2O4S/c1-12(13-7-5-8-15(10-13)20-25(2,22)23)19-18(21)17-11-14-6-3-4-9-16(14)24-17/h3-12,20H,1-2H3,(H,19,21). The number of carbonyl (C=O) groups excluding carboxylic acids is 1. The van der Waals surface area contributed by atoms with Crippen LogP contribution in [-0.4, -0.2) is 20.6 Å². The van der Waals surface area contributed by atoms with Crippen molar-refractivity contribution in [3.8, 4) is 0 Å². The predicted molar refractivity (Wildman–Crippen MR) is 97.0 cm³/mol. The third kappa shape index (κ3) is 4.19. The van der Waals surface area contributed by atoms with Gasteiger partial charge < -0.3 is 9.73 Å². The van der Waals surface area contributed by atoms with Crippen LogP contribution in [0.4, 0.5) is 5.69 Å². The van der Waals surface area contributed by atoms with Crippen LogP contribution in [0.15, 0.2) is 59.0 Å². The van der Waals surface area contributed by atoms with E-state index < -0.39 is 10.0 Å². The van der Waals surface area contributed by atoms with Crippen molar-refractivity contribution in [1.82, 2.24) is 5.32 Å². The Kier molecular flexibility index (Phi) is 4.50. The number of amides is 1. The third-order valence-corrected chi connectivity index (χ3v) is 4.29. The summed E-state index contributed by atoms with van der Waals surface area (Å²) in [5.74, 6) is -0.0939. The molecule has 25 heavy (non-hydrogen) atoms. The van der Waals surface area contributed by atoms with E-state index in [1.807, 2.05) is 31.2 Å². The van der Waals surface area contributed by atoms with Crippen molar-refractivity contribution in [3.05, 3.63) is 65.9 Å². The molecule has 0 aliphatic carbocycles. The number of para-hydroxylation sites is 1. The molecule has 3 rings (SSSR count). The summed E-state index contributed by atoms with van der Waals surface area (Å²) in [5, 5.41) is 3.71. The van der Waals surface area contributed by atoms with Gasteiger partial charge in [0.1, 0.15) is 5.58 Å². The Morgan fingerprint density at radius 2 is 1.84 bits per heavy atom. The highest BCUT2D eigenvalue weighted by Gasteiger charge is 2.16. The van der Waals surface area contributed by atoms with E-state index in [4.69, 9.17) is 4.42 Å². The van der Waals surface area contributed by atoms with Gasteiger partial charge in [0, 0.05) is 11.1 Å². The van der Waals surface area contributed by atoms with Gasteiger partial charge in [0.05, 0.1) is 12.3 Å². The number of fused-ring (bicyclic) bond motifs is 1. The highest BCUT2D eigenvalue weighted by Crippen LogP contribution is 2.21. The summed E-state index contributed by atoms with van der Waals surface area (Å²) in [6, 6.07) is 15.7. The number of furan rings is 1. The smallest absolute Gasteiger partial charge is 0.287 e. The van der Waals surface area contributed by atoms with Crippen molar-refractivity contribution in [1.29, 1.82) is 0 Å². The average molecular weight is 358 g/mol. The Labute approximate surface area is 145 Å². The molecule has 1 amide bonds. The van der Waals surface area contributed by atoms with E-state index in [-0.39, 0.29) is 17.7 Å². The van der Waals surface area contributed by atoms with Crippen molar-refractivity contribution >= 4 is 32.6 Å². The van der Waals surface area contributed by atoms with Gasteiger partial charge in [-0.25, -0.2) is 8.42 Å². The van der Waals surface area contributed by atoms with Gasteiger partial charge in [-0.05, 0) is 36.8 Å². The minimum absolute atomic E-state index is 0.235. The summed E-state index contributed by atoms with van der Waals surface area (Å²) in [7, 11) is -3.35. The summed E-state index contributed by atoms with van der Waals surface area (Å²) in [5.41, 5.74) is 1.88. The van der Waals surface area contributed by atoms with Crippen LogP contribution in [0.5, 0.6) is 0 Å². The van der Waals surface area contributed by atoms with Gasteiger partial charge in [0.15, 0.2) is 5.76 Å². The van der Waals surface area contributed by atoms with Crippen LogP contribution in [0.1, 0.15) is 29.1 Å². The first kappa shape index (κ1) is 17.0. The van der Waals surface area contributed by atoms with Crippen LogP contribution in [0.25, 0.3) is 11.0 Å². The summed E-state index contributed by atoms with van der Waals surface area (Å²) in [4.78, 5) is 12.4. The lowest BCUT2D eigenvalue weighted by molar-refractivity contribution is 0.0914. The summed E-state index contributed by atoms with van der Waals surface area (Å²) in [6.07, 6.45) is 1.09. The summed E-state index contributed by atoms with van der Waals surface area (Å²) >= 11 is 0. The van der Waals surface area contributed by atoms with Crippen molar-refractivity contribution in [2.24, 2.45) is 0 Å². The lowest BCUT2D eigenvalue weighted by atomic mass is 10.1. The number of hydrogen-bond acceptors (Lipinski definition) is 4. The van der Waals surface area contributed by atoms with Gasteiger partial charge in [0.2, 0.25) is 10.0 Å². The third-order valence-electron chi connectivity index (χ3n) is 3.69. The van der Waals surface area contributed by atoms with Crippen LogP contribution in [0, 0.1) is 0 Å². The molecule has 1 heterocycles.